The van der Waals surface area contributed by atoms with Crippen molar-refractivity contribution in [1.82, 2.24) is 4.57 Å². The third-order valence-corrected chi connectivity index (χ3v) is 16.9. The van der Waals surface area contributed by atoms with Crippen LogP contribution in [0.5, 0.6) is 0 Å². The van der Waals surface area contributed by atoms with Gasteiger partial charge in [0, 0.05) is 33.4 Å². The first-order valence-corrected chi connectivity index (χ1v) is 21.8. The number of rotatable bonds is 5. The second-order valence-corrected chi connectivity index (χ2v) is 21.3. The first-order chi connectivity index (χ1) is 27.0. The molecular weight excluding hydrogens is 719 g/mol. The lowest BCUT2D eigenvalue weighted by Gasteiger charge is -2.64. The molecule has 4 aliphatic carbocycles. The molecule has 2 aromatic carbocycles. The van der Waals surface area contributed by atoms with Gasteiger partial charge in [-0.05, 0) is 163 Å². The molecule has 10 atom stereocenters. The fourth-order valence-electron chi connectivity index (χ4n) is 14.5. The molecule has 9 rings (SSSR count). The van der Waals surface area contributed by atoms with Gasteiger partial charge in [-0.25, -0.2) is 0 Å². The van der Waals surface area contributed by atoms with Crippen LogP contribution in [0.15, 0.2) is 60.2 Å². The molecular formula is C52H65NO5. The van der Waals surface area contributed by atoms with Crippen LogP contribution < -0.4 is 0 Å². The molecule has 2 saturated carbocycles. The van der Waals surface area contributed by atoms with Gasteiger partial charge >= 0.3 is 0 Å². The monoisotopic (exact) mass is 783 g/mol. The minimum atomic E-state index is -0.853. The number of carbonyl (C=O) groups is 1. The van der Waals surface area contributed by atoms with Crippen molar-refractivity contribution < 1.29 is 24.9 Å². The van der Waals surface area contributed by atoms with Gasteiger partial charge in [-0.15, -0.1) is 0 Å². The van der Waals surface area contributed by atoms with E-state index >= 15 is 4.79 Å². The molecule has 6 heteroatoms. The predicted octanol–water partition coefficient (Wildman–Crippen LogP) is 10.8. The van der Waals surface area contributed by atoms with Crippen molar-refractivity contribution in [2.45, 2.75) is 156 Å². The SMILES string of the molecule is C=C(C)[C@H]1C(=O)c2c3c(cc4c5c(n1c24)[C@@]1(C)C(CC[C@H]2[C@](C)(/C=C/C=C(\C)C(O)c4c(C)cc(C)cc4C)[C@@H](O)CC[C@@]21C)C5)C1=CC(C)(C)OC(C)(C)C1[C@@H]3O. The highest BCUT2D eigenvalue weighted by atomic mass is 16.5. The molecule has 58 heavy (non-hydrogen) atoms. The van der Waals surface area contributed by atoms with E-state index in [1.54, 1.807) is 0 Å². The zero-order chi connectivity index (χ0) is 42.0. The van der Waals surface area contributed by atoms with Crippen molar-refractivity contribution in [3.63, 3.8) is 0 Å². The summed E-state index contributed by atoms with van der Waals surface area (Å²) in [5, 5.41) is 36.9. The smallest absolute Gasteiger partial charge is 0.192 e. The highest BCUT2D eigenvalue weighted by Crippen LogP contribution is 2.71. The average Bonchev–Trinajstić information content (AvgIpc) is 3.78. The van der Waals surface area contributed by atoms with E-state index in [1.165, 1.54) is 16.8 Å². The van der Waals surface area contributed by atoms with E-state index in [0.29, 0.717) is 17.9 Å². The summed E-state index contributed by atoms with van der Waals surface area (Å²) in [5.41, 5.74) is 11.1. The van der Waals surface area contributed by atoms with Crippen LogP contribution in [0.25, 0.3) is 16.5 Å². The summed E-state index contributed by atoms with van der Waals surface area (Å²) in [5.74, 6) is 0.349. The Morgan fingerprint density at radius 1 is 0.983 bits per heavy atom. The number of ketones is 1. The maximum atomic E-state index is 15.0. The zero-order valence-electron chi connectivity index (χ0n) is 36.9. The second-order valence-electron chi connectivity index (χ2n) is 21.3. The zero-order valence-corrected chi connectivity index (χ0v) is 36.9. The van der Waals surface area contributed by atoms with E-state index in [4.69, 9.17) is 4.74 Å². The molecule has 6 nitrogen and oxygen atoms in total. The molecule has 2 aliphatic heterocycles. The molecule has 0 radical (unpaired) electrons. The lowest BCUT2D eigenvalue weighted by molar-refractivity contribution is -0.144. The third kappa shape index (κ3) is 5.01. The maximum absolute atomic E-state index is 15.0. The highest BCUT2D eigenvalue weighted by molar-refractivity contribution is 6.18. The van der Waals surface area contributed by atoms with Gasteiger partial charge in [0.15, 0.2) is 5.78 Å². The van der Waals surface area contributed by atoms with Crippen LogP contribution >= 0.6 is 0 Å². The van der Waals surface area contributed by atoms with E-state index in [2.05, 4.69) is 117 Å². The third-order valence-electron chi connectivity index (χ3n) is 16.9. The van der Waals surface area contributed by atoms with Crippen molar-refractivity contribution >= 4 is 22.3 Å². The minimum Gasteiger partial charge on any atom is -0.392 e. The molecule has 1 aromatic heterocycles. The quantitative estimate of drug-likeness (QED) is 0.177. The number of ether oxygens (including phenoxy) is 1. The number of aliphatic hydroxyl groups is 3. The molecule has 308 valence electrons. The molecule has 2 fully saturated rings. The Balaban J connectivity index is 1.17. The summed E-state index contributed by atoms with van der Waals surface area (Å²) in [7, 11) is 0. The number of carbonyl (C=O) groups excluding carboxylic acids is 1. The van der Waals surface area contributed by atoms with Crippen molar-refractivity contribution in [2.24, 2.45) is 28.6 Å². The summed E-state index contributed by atoms with van der Waals surface area (Å²) in [6.45, 7) is 30.2. The van der Waals surface area contributed by atoms with Crippen molar-refractivity contribution in [3.05, 3.63) is 110 Å². The number of hydrogen-bond donors (Lipinski definition) is 3. The van der Waals surface area contributed by atoms with Gasteiger partial charge < -0.3 is 24.6 Å². The molecule has 0 saturated heterocycles. The number of aryl methyl sites for hydroxylation is 3. The molecule has 0 spiro atoms. The van der Waals surface area contributed by atoms with E-state index in [9.17, 15) is 15.3 Å². The summed E-state index contributed by atoms with van der Waals surface area (Å²) in [4.78, 5) is 15.0. The topological polar surface area (TPSA) is 91.9 Å². The van der Waals surface area contributed by atoms with Crippen LogP contribution in [-0.2, 0) is 16.6 Å². The van der Waals surface area contributed by atoms with Gasteiger partial charge in [-0.3, -0.25) is 4.79 Å². The maximum Gasteiger partial charge on any atom is 0.192 e. The Kier molecular flexibility index (Phi) is 8.60. The van der Waals surface area contributed by atoms with E-state index in [1.807, 2.05) is 19.9 Å². The molecule has 0 bridgehead atoms. The first-order valence-electron chi connectivity index (χ1n) is 21.8. The lowest BCUT2D eigenvalue weighted by Crippen LogP contribution is -2.62. The molecule has 3 N–H and O–H groups in total. The number of nitrogens with zero attached hydrogens (tertiary/aromatic N) is 1. The van der Waals surface area contributed by atoms with E-state index < -0.39 is 41.0 Å². The molecule has 3 aromatic rings. The van der Waals surface area contributed by atoms with Gasteiger partial charge in [0.2, 0.25) is 0 Å². The van der Waals surface area contributed by atoms with Crippen LogP contribution in [0, 0.1) is 49.4 Å². The largest absolute Gasteiger partial charge is 0.392 e. The number of fused-ring (bicyclic) bond motifs is 11. The number of hydrogen-bond acceptors (Lipinski definition) is 5. The fourth-order valence-corrected chi connectivity index (χ4v) is 14.5. The van der Waals surface area contributed by atoms with Gasteiger partial charge in [-0.1, -0.05) is 68.8 Å². The summed E-state index contributed by atoms with van der Waals surface area (Å²) < 4.78 is 8.95. The fraction of sp³-hybridized carbons (Fsp3) is 0.558. The lowest BCUT2D eigenvalue weighted by atomic mass is 9.40. The van der Waals surface area contributed by atoms with Gasteiger partial charge in [0.05, 0.1) is 34.5 Å². The molecule has 3 unspecified atom stereocenters. The van der Waals surface area contributed by atoms with Gasteiger partial charge in [0.1, 0.15) is 12.1 Å². The molecule has 0 amide bonds. The van der Waals surface area contributed by atoms with Crippen LogP contribution in [0.2, 0.25) is 0 Å². The highest BCUT2D eigenvalue weighted by Gasteiger charge is 2.68. The number of aliphatic hydroxyl groups excluding tert-OH is 3. The second kappa shape index (κ2) is 12.5. The van der Waals surface area contributed by atoms with Crippen molar-refractivity contribution in [2.75, 3.05) is 0 Å². The summed E-state index contributed by atoms with van der Waals surface area (Å²) in [6, 6.07) is 6.06. The van der Waals surface area contributed by atoms with Crippen LogP contribution in [0.1, 0.15) is 161 Å². The van der Waals surface area contributed by atoms with Crippen LogP contribution in [0.3, 0.4) is 0 Å². The van der Waals surface area contributed by atoms with E-state index in [0.717, 1.165) is 81.1 Å². The normalized spacial score (nSPS) is 36.1. The average molecular weight is 784 g/mol. The van der Waals surface area contributed by atoms with E-state index in [-0.39, 0.29) is 28.4 Å². The van der Waals surface area contributed by atoms with Crippen LogP contribution in [0.4, 0.5) is 0 Å². The number of benzene rings is 2. The number of aromatic nitrogens is 1. The minimum absolute atomic E-state index is 0.0419. The number of Topliss-reactive ketones (excluding diaryl/α,β-unsaturated/α-hetero) is 1. The Bertz CT molecular complexity index is 2410. The van der Waals surface area contributed by atoms with Crippen LogP contribution in [-0.4, -0.2) is 43.0 Å². The van der Waals surface area contributed by atoms with Gasteiger partial charge in [0.25, 0.3) is 0 Å². The molecule has 3 heterocycles. The summed E-state index contributed by atoms with van der Waals surface area (Å²) >= 11 is 0. The Morgan fingerprint density at radius 3 is 2.31 bits per heavy atom. The predicted molar refractivity (Wildman–Crippen MR) is 233 cm³/mol. The van der Waals surface area contributed by atoms with Crippen molar-refractivity contribution in [1.29, 1.82) is 0 Å². The molecule has 6 aliphatic rings. The Hall–Kier alpha value is -3.55. The Labute approximate surface area is 345 Å². The standard InChI is InChI=1S/C52H65NO5/c1-26(2)42-46(57)40-39-32(35-25-48(7,8)58-49(9,10)41(35)45(39)56)24-33-34-23-31-16-17-36-50(11,19-14-15-28(4)44(55)38-29(5)21-27(3)22-30(38)6)37(54)18-20-51(36,12)52(31,13)47(34)53(42)43(33)40/h14-15,19,21-22,24-25,31,36-37,41-42,44-45,54-56H,1,16-18,20,23H2,2-13H3/b19-14+,28-15+/t31?,36-,37-,41?,42-,44?,45+,50-,51-,52+/m0/s1. The number of allylic oxidation sites excluding steroid dienone is 3. The first kappa shape index (κ1) is 39.9. The summed E-state index contributed by atoms with van der Waals surface area (Å²) in [6.07, 6.45) is 11.1. The Morgan fingerprint density at radius 2 is 1.66 bits per heavy atom. The van der Waals surface area contributed by atoms with Gasteiger partial charge in [-0.2, -0.15) is 0 Å². The van der Waals surface area contributed by atoms with Crippen molar-refractivity contribution in [3.8, 4) is 0 Å².